The van der Waals surface area contributed by atoms with Gasteiger partial charge < -0.3 is 10.1 Å². The lowest BCUT2D eigenvalue weighted by Gasteiger charge is -2.28. The number of nitrogens with one attached hydrogen (secondary N) is 1. The van der Waals surface area contributed by atoms with Crippen molar-refractivity contribution in [3.63, 3.8) is 0 Å². The summed E-state index contributed by atoms with van der Waals surface area (Å²) in [5.74, 6) is 1.80. The molecule has 2 unspecified atom stereocenters. The number of rotatable bonds is 2. The average molecular weight is 253 g/mol. The minimum Gasteiger partial charge on any atom is -0.373 e. The summed E-state index contributed by atoms with van der Waals surface area (Å²) >= 11 is 0. The van der Waals surface area contributed by atoms with Crippen LogP contribution in [-0.2, 0) is 4.74 Å². The van der Waals surface area contributed by atoms with Crippen LogP contribution < -0.4 is 5.32 Å². The first kappa shape index (κ1) is 14.3. The molecule has 0 heterocycles. The lowest BCUT2D eigenvalue weighted by molar-refractivity contribution is -0.0594. The molecule has 2 fully saturated rings. The van der Waals surface area contributed by atoms with E-state index in [0.717, 1.165) is 17.9 Å². The van der Waals surface area contributed by atoms with E-state index in [-0.39, 0.29) is 11.1 Å². The molecule has 2 rings (SSSR count). The van der Waals surface area contributed by atoms with E-state index in [4.69, 9.17) is 4.74 Å². The van der Waals surface area contributed by atoms with Gasteiger partial charge >= 0.3 is 0 Å². The van der Waals surface area contributed by atoms with Gasteiger partial charge in [-0.2, -0.15) is 0 Å². The Bertz CT molecular complexity index is 244. The third kappa shape index (κ3) is 3.96. The Morgan fingerprint density at radius 1 is 0.833 bits per heavy atom. The molecule has 2 atom stereocenters. The highest BCUT2D eigenvalue weighted by Gasteiger charge is 2.43. The maximum atomic E-state index is 6.15. The highest BCUT2D eigenvalue weighted by atomic mass is 16.5. The van der Waals surface area contributed by atoms with E-state index in [9.17, 15) is 0 Å². The Labute approximate surface area is 113 Å². The monoisotopic (exact) mass is 253 g/mol. The molecule has 18 heavy (non-hydrogen) atoms. The second-order valence-electron chi connectivity index (χ2n) is 8.41. The number of ether oxygens (including phenoxy) is 1. The van der Waals surface area contributed by atoms with Crippen LogP contribution in [0.1, 0.15) is 67.2 Å². The highest BCUT2D eigenvalue weighted by molar-refractivity contribution is 4.96. The zero-order valence-electron chi connectivity index (χ0n) is 13.0. The minimum absolute atomic E-state index is 0.0202. The van der Waals surface area contributed by atoms with Gasteiger partial charge in [-0.1, -0.05) is 0 Å². The Morgan fingerprint density at radius 2 is 1.33 bits per heavy atom. The molecule has 0 spiro atoms. The fourth-order valence-electron chi connectivity index (χ4n) is 3.89. The van der Waals surface area contributed by atoms with Crippen molar-refractivity contribution >= 4 is 0 Å². The third-order valence-electron chi connectivity index (χ3n) is 4.13. The SMILES string of the molecule is CC(C)(C)NC1CC2CC(OC(C)(C)C)CC2C1. The quantitative estimate of drug-likeness (QED) is 0.809. The fraction of sp³-hybridized carbons (Fsp3) is 1.00. The van der Waals surface area contributed by atoms with Crippen molar-refractivity contribution in [2.75, 3.05) is 0 Å². The molecule has 0 bridgehead atoms. The molecule has 2 heteroatoms. The van der Waals surface area contributed by atoms with E-state index in [1.165, 1.54) is 25.7 Å². The molecule has 106 valence electrons. The summed E-state index contributed by atoms with van der Waals surface area (Å²) in [6, 6.07) is 0.732. The van der Waals surface area contributed by atoms with E-state index in [2.05, 4.69) is 46.9 Å². The molecule has 0 saturated heterocycles. The summed E-state index contributed by atoms with van der Waals surface area (Å²) < 4.78 is 6.15. The molecule has 0 aromatic carbocycles. The van der Waals surface area contributed by atoms with Crippen LogP contribution in [0.15, 0.2) is 0 Å². The summed E-state index contributed by atoms with van der Waals surface area (Å²) in [7, 11) is 0. The molecule has 2 saturated carbocycles. The normalized spacial score (nSPS) is 37.0. The fourth-order valence-corrected chi connectivity index (χ4v) is 3.89. The summed E-state index contributed by atoms with van der Waals surface area (Å²) in [6.45, 7) is 13.3. The summed E-state index contributed by atoms with van der Waals surface area (Å²) in [4.78, 5) is 0. The zero-order chi connectivity index (χ0) is 13.6. The summed E-state index contributed by atoms with van der Waals surface area (Å²) in [5.41, 5.74) is 0.275. The maximum Gasteiger partial charge on any atom is 0.0602 e. The standard InChI is InChI=1S/C16H31NO/c1-15(2,3)17-13-7-11-9-14(10-12(11)8-13)18-16(4,5)6/h11-14,17H,7-10H2,1-6H3. The van der Waals surface area contributed by atoms with E-state index < -0.39 is 0 Å². The van der Waals surface area contributed by atoms with Crippen LogP contribution in [0, 0.1) is 11.8 Å². The van der Waals surface area contributed by atoms with Crippen molar-refractivity contribution in [1.29, 1.82) is 0 Å². The number of fused-ring (bicyclic) bond motifs is 1. The average Bonchev–Trinajstić information content (AvgIpc) is 2.53. The van der Waals surface area contributed by atoms with E-state index in [1.807, 2.05) is 0 Å². The molecule has 0 radical (unpaired) electrons. The van der Waals surface area contributed by atoms with Gasteiger partial charge in [0.2, 0.25) is 0 Å². The molecular formula is C16H31NO. The molecule has 0 aromatic heterocycles. The van der Waals surface area contributed by atoms with Crippen molar-refractivity contribution in [3.8, 4) is 0 Å². The Balaban J connectivity index is 1.81. The van der Waals surface area contributed by atoms with Crippen LogP contribution in [0.5, 0.6) is 0 Å². The van der Waals surface area contributed by atoms with Crippen molar-refractivity contribution < 1.29 is 4.74 Å². The molecule has 0 aromatic rings. The second-order valence-corrected chi connectivity index (χ2v) is 8.41. The van der Waals surface area contributed by atoms with Crippen LogP contribution in [-0.4, -0.2) is 23.3 Å². The second kappa shape index (κ2) is 4.79. The summed E-state index contributed by atoms with van der Waals surface area (Å²) in [5, 5.41) is 3.77. The van der Waals surface area contributed by atoms with Crippen molar-refractivity contribution in [3.05, 3.63) is 0 Å². The molecule has 0 aliphatic heterocycles. The number of hydrogen-bond acceptors (Lipinski definition) is 2. The van der Waals surface area contributed by atoms with Gasteiger partial charge in [-0.15, -0.1) is 0 Å². The Kier molecular flexibility index (Phi) is 3.81. The van der Waals surface area contributed by atoms with Crippen LogP contribution in [0.4, 0.5) is 0 Å². The Hall–Kier alpha value is -0.0800. The van der Waals surface area contributed by atoms with Gasteiger partial charge in [0.25, 0.3) is 0 Å². The first-order chi connectivity index (χ1) is 8.12. The van der Waals surface area contributed by atoms with Gasteiger partial charge in [-0.25, -0.2) is 0 Å². The van der Waals surface area contributed by atoms with Crippen molar-refractivity contribution in [2.24, 2.45) is 11.8 Å². The maximum absolute atomic E-state index is 6.15. The van der Waals surface area contributed by atoms with E-state index >= 15 is 0 Å². The molecular weight excluding hydrogens is 222 g/mol. The van der Waals surface area contributed by atoms with Crippen LogP contribution in [0.25, 0.3) is 0 Å². The van der Waals surface area contributed by atoms with Crippen LogP contribution >= 0.6 is 0 Å². The predicted molar refractivity (Wildman–Crippen MR) is 76.8 cm³/mol. The van der Waals surface area contributed by atoms with Crippen molar-refractivity contribution in [1.82, 2.24) is 5.32 Å². The largest absolute Gasteiger partial charge is 0.373 e. The molecule has 1 N–H and O–H groups in total. The summed E-state index contributed by atoms with van der Waals surface area (Å²) in [6.07, 6.45) is 5.78. The smallest absolute Gasteiger partial charge is 0.0602 e. The minimum atomic E-state index is 0.0202. The van der Waals surface area contributed by atoms with Crippen LogP contribution in [0.3, 0.4) is 0 Å². The number of hydrogen-bond donors (Lipinski definition) is 1. The Morgan fingerprint density at radius 3 is 1.72 bits per heavy atom. The van der Waals surface area contributed by atoms with Gasteiger partial charge in [0, 0.05) is 11.6 Å². The molecule has 2 aliphatic rings. The highest BCUT2D eigenvalue weighted by Crippen LogP contribution is 2.46. The first-order valence-corrected chi connectivity index (χ1v) is 7.58. The van der Waals surface area contributed by atoms with Crippen LogP contribution in [0.2, 0.25) is 0 Å². The van der Waals surface area contributed by atoms with E-state index in [0.29, 0.717) is 6.10 Å². The van der Waals surface area contributed by atoms with Crippen molar-refractivity contribution in [2.45, 2.75) is 90.5 Å². The van der Waals surface area contributed by atoms with Gasteiger partial charge in [-0.3, -0.25) is 0 Å². The first-order valence-electron chi connectivity index (χ1n) is 7.58. The molecule has 0 amide bonds. The van der Waals surface area contributed by atoms with Gasteiger partial charge in [0.05, 0.1) is 11.7 Å². The topological polar surface area (TPSA) is 21.3 Å². The molecule has 2 aliphatic carbocycles. The predicted octanol–water partition coefficient (Wildman–Crippen LogP) is 3.75. The zero-order valence-corrected chi connectivity index (χ0v) is 13.0. The third-order valence-corrected chi connectivity index (χ3v) is 4.13. The van der Waals surface area contributed by atoms with E-state index in [1.54, 1.807) is 0 Å². The lowest BCUT2D eigenvalue weighted by atomic mass is 10.0. The van der Waals surface area contributed by atoms with Gasteiger partial charge in [0.15, 0.2) is 0 Å². The molecule has 2 nitrogen and oxygen atoms in total. The van der Waals surface area contributed by atoms with Gasteiger partial charge in [-0.05, 0) is 79.1 Å². The van der Waals surface area contributed by atoms with Gasteiger partial charge in [0.1, 0.15) is 0 Å². The lowest BCUT2D eigenvalue weighted by Crippen LogP contribution is -2.42.